The van der Waals surface area contributed by atoms with Crippen LogP contribution in [0.25, 0.3) is 0 Å². The number of aromatic nitrogens is 1. The van der Waals surface area contributed by atoms with Crippen molar-refractivity contribution in [2.45, 2.75) is 32.7 Å². The number of amides is 1. The van der Waals surface area contributed by atoms with Crippen molar-refractivity contribution >= 4 is 17.5 Å². The van der Waals surface area contributed by atoms with Crippen LogP contribution in [0.15, 0.2) is 10.6 Å². The maximum absolute atomic E-state index is 11.6. The van der Waals surface area contributed by atoms with E-state index in [2.05, 4.69) is 10.5 Å². The summed E-state index contributed by atoms with van der Waals surface area (Å²) in [5, 5.41) is 6.49. The van der Waals surface area contributed by atoms with Gasteiger partial charge in [-0.05, 0) is 19.8 Å². The molecule has 1 amide bonds. The van der Waals surface area contributed by atoms with Crippen LogP contribution in [0.5, 0.6) is 0 Å². The number of hydrogen-bond acceptors (Lipinski definition) is 3. The lowest BCUT2D eigenvalue weighted by molar-refractivity contribution is 0.0897. The fraction of sp³-hybridized carbons (Fsp3) is 0.600. The molecule has 1 unspecified atom stereocenters. The number of alkyl halides is 1. The second-order valence-electron chi connectivity index (χ2n) is 3.39. The van der Waals surface area contributed by atoms with Gasteiger partial charge in [0.15, 0.2) is 0 Å². The molecular weight excluding hydrogens is 216 g/mol. The summed E-state index contributed by atoms with van der Waals surface area (Å²) in [6, 6.07) is 1.71. The normalized spacial score (nSPS) is 12.5. The number of carbonyl (C=O) groups is 1. The molecule has 1 rings (SSSR count). The second-order valence-corrected chi connectivity index (χ2v) is 3.77. The number of carbonyl (C=O) groups excluding carboxylic acids is 1. The molecule has 0 aliphatic carbocycles. The molecule has 1 atom stereocenters. The molecular formula is C10H15ClN2O2. The molecule has 1 heterocycles. The third-order valence-corrected chi connectivity index (χ3v) is 2.36. The van der Waals surface area contributed by atoms with Crippen molar-refractivity contribution in [3.05, 3.63) is 17.5 Å². The molecule has 0 saturated carbocycles. The first-order valence-corrected chi connectivity index (χ1v) is 5.51. The van der Waals surface area contributed by atoms with Crippen LogP contribution >= 0.6 is 11.6 Å². The summed E-state index contributed by atoms with van der Waals surface area (Å²) in [7, 11) is 0. The van der Waals surface area contributed by atoms with E-state index < -0.39 is 0 Å². The van der Waals surface area contributed by atoms with Gasteiger partial charge in [-0.25, -0.2) is 0 Å². The van der Waals surface area contributed by atoms with Crippen LogP contribution in [0.4, 0.5) is 0 Å². The van der Waals surface area contributed by atoms with E-state index in [1.165, 1.54) is 0 Å². The lowest BCUT2D eigenvalue weighted by atomic mass is 10.1. The van der Waals surface area contributed by atoms with Crippen molar-refractivity contribution in [1.82, 2.24) is 10.5 Å². The molecule has 0 spiro atoms. The van der Waals surface area contributed by atoms with Gasteiger partial charge in [0.1, 0.15) is 0 Å². The summed E-state index contributed by atoms with van der Waals surface area (Å²) in [4.78, 5) is 11.6. The highest BCUT2D eigenvalue weighted by atomic mass is 35.5. The second kappa shape index (κ2) is 5.75. The van der Waals surface area contributed by atoms with Crippen molar-refractivity contribution in [3.63, 3.8) is 0 Å². The maximum Gasteiger partial charge on any atom is 0.290 e. The van der Waals surface area contributed by atoms with Crippen LogP contribution in [0, 0.1) is 6.92 Å². The standard InChI is InChI=1S/C10H15ClN2O2/c1-3-8(4-5-11)12-10(14)9-6-7(2)13-15-9/h6,8H,3-5H2,1-2H3,(H,12,14). The van der Waals surface area contributed by atoms with E-state index in [4.69, 9.17) is 16.1 Å². The van der Waals surface area contributed by atoms with E-state index in [0.29, 0.717) is 11.6 Å². The zero-order valence-electron chi connectivity index (χ0n) is 8.92. The largest absolute Gasteiger partial charge is 0.351 e. The van der Waals surface area contributed by atoms with Crippen LogP contribution in [0.1, 0.15) is 36.0 Å². The highest BCUT2D eigenvalue weighted by molar-refractivity contribution is 6.17. The molecule has 0 aliphatic heterocycles. The van der Waals surface area contributed by atoms with Crippen LogP contribution in [-0.2, 0) is 0 Å². The van der Waals surface area contributed by atoms with Gasteiger partial charge in [-0.3, -0.25) is 4.79 Å². The first kappa shape index (κ1) is 12.0. The molecule has 4 nitrogen and oxygen atoms in total. The number of rotatable bonds is 5. The Morgan fingerprint density at radius 3 is 2.93 bits per heavy atom. The molecule has 0 aromatic carbocycles. The first-order chi connectivity index (χ1) is 7.17. The van der Waals surface area contributed by atoms with Gasteiger partial charge in [-0.2, -0.15) is 0 Å². The Kier molecular flexibility index (Phi) is 4.62. The van der Waals surface area contributed by atoms with Gasteiger partial charge < -0.3 is 9.84 Å². The lowest BCUT2D eigenvalue weighted by Crippen LogP contribution is -2.34. The van der Waals surface area contributed by atoms with Crippen LogP contribution in [-0.4, -0.2) is 23.0 Å². The van der Waals surface area contributed by atoms with Crippen molar-refractivity contribution < 1.29 is 9.32 Å². The van der Waals surface area contributed by atoms with E-state index in [1.807, 2.05) is 6.92 Å². The molecule has 5 heteroatoms. The average Bonchev–Trinajstić information content (AvgIpc) is 2.64. The zero-order valence-corrected chi connectivity index (χ0v) is 9.67. The topological polar surface area (TPSA) is 55.1 Å². The van der Waals surface area contributed by atoms with Crippen molar-refractivity contribution in [2.75, 3.05) is 5.88 Å². The average molecular weight is 231 g/mol. The van der Waals surface area contributed by atoms with Crippen LogP contribution in [0.2, 0.25) is 0 Å². The minimum absolute atomic E-state index is 0.0976. The van der Waals surface area contributed by atoms with E-state index >= 15 is 0 Å². The molecule has 0 bridgehead atoms. The SMILES string of the molecule is CCC(CCCl)NC(=O)c1cc(C)no1. The highest BCUT2D eigenvalue weighted by Gasteiger charge is 2.15. The Balaban J connectivity index is 2.54. The van der Waals surface area contributed by atoms with Gasteiger partial charge in [0, 0.05) is 18.0 Å². The predicted octanol–water partition coefficient (Wildman–Crippen LogP) is 2.12. The molecule has 0 radical (unpaired) electrons. The number of hydrogen-bond donors (Lipinski definition) is 1. The summed E-state index contributed by atoms with van der Waals surface area (Å²) in [5.74, 6) is 0.557. The summed E-state index contributed by atoms with van der Waals surface area (Å²) >= 11 is 5.62. The fourth-order valence-corrected chi connectivity index (χ4v) is 1.50. The molecule has 0 saturated heterocycles. The molecule has 0 fully saturated rings. The molecule has 0 aliphatic rings. The number of nitrogens with zero attached hydrogens (tertiary/aromatic N) is 1. The fourth-order valence-electron chi connectivity index (χ4n) is 1.24. The van der Waals surface area contributed by atoms with Crippen molar-refractivity contribution in [3.8, 4) is 0 Å². The molecule has 1 N–H and O–H groups in total. The minimum Gasteiger partial charge on any atom is -0.351 e. The summed E-state index contributed by atoms with van der Waals surface area (Å²) in [6.07, 6.45) is 1.61. The van der Waals surface area contributed by atoms with E-state index in [-0.39, 0.29) is 17.7 Å². The number of aryl methyl sites for hydroxylation is 1. The molecule has 1 aromatic heterocycles. The Bertz CT molecular complexity index is 325. The predicted molar refractivity (Wildman–Crippen MR) is 58.1 cm³/mol. The van der Waals surface area contributed by atoms with E-state index in [0.717, 1.165) is 12.8 Å². The first-order valence-electron chi connectivity index (χ1n) is 4.97. The number of halogens is 1. The maximum atomic E-state index is 11.6. The minimum atomic E-state index is -0.229. The Labute approximate surface area is 94.0 Å². The van der Waals surface area contributed by atoms with Gasteiger partial charge in [-0.1, -0.05) is 12.1 Å². The Morgan fingerprint density at radius 2 is 2.47 bits per heavy atom. The van der Waals surface area contributed by atoms with Gasteiger partial charge >= 0.3 is 0 Å². The van der Waals surface area contributed by atoms with Gasteiger partial charge in [0.05, 0.1) is 5.69 Å². The van der Waals surface area contributed by atoms with Crippen molar-refractivity contribution in [1.29, 1.82) is 0 Å². The van der Waals surface area contributed by atoms with Gasteiger partial charge in [0.2, 0.25) is 5.76 Å². The zero-order chi connectivity index (χ0) is 11.3. The smallest absolute Gasteiger partial charge is 0.290 e. The third kappa shape index (κ3) is 3.55. The Hall–Kier alpha value is -1.03. The van der Waals surface area contributed by atoms with Crippen molar-refractivity contribution in [2.24, 2.45) is 0 Å². The number of nitrogens with one attached hydrogen (secondary N) is 1. The van der Waals surface area contributed by atoms with E-state index in [9.17, 15) is 4.79 Å². The van der Waals surface area contributed by atoms with Gasteiger partial charge in [-0.15, -0.1) is 11.6 Å². The molecule has 15 heavy (non-hydrogen) atoms. The van der Waals surface area contributed by atoms with Gasteiger partial charge in [0.25, 0.3) is 5.91 Å². The quantitative estimate of drug-likeness (QED) is 0.789. The molecule has 84 valence electrons. The highest BCUT2D eigenvalue weighted by Crippen LogP contribution is 2.05. The summed E-state index contributed by atoms with van der Waals surface area (Å²) < 4.78 is 4.85. The monoisotopic (exact) mass is 230 g/mol. The lowest BCUT2D eigenvalue weighted by Gasteiger charge is -2.13. The van der Waals surface area contributed by atoms with Crippen LogP contribution < -0.4 is 5.32 Å². The van der Waals surface area contributed by atoms with E-state index in [1.54, 1.807) is 13.0 Å². The summed E-state index contributed by atoms with van der Waals surface area (Å²) in [5.41, 5.74) is 0.700. The Morgan fingerprint density at radius 1 is 1.73 bits per heavy atom. The summed E-state index contributed by atoms with van der Waals surface area (Å²) in [6.45, 7) is 3.78. The van der Waals surface area contributed by atoms with Crippen LogP contribution in [0.3, 0.4) is 0 Å². The third-order valence-electron chi connectivity index (χ3n) is 2.14. The molecule has 1 aromatic rings.